The van der Waals surface area contributed by atoms with Crippen molar-refractivity contribution in [1.29, 1.82) is 5.26 Å². The Kier molecular flexibility index (Phi) is 4.94. The normalized spacial score (nSPS) is 10.2. The second-order valence-corrected chi connectivity index (χ2v) is 4.50. The lowest BCUT2D eigenvalue weighted by Crippen LogP contribution is -1.95. The van der Waals surface area contributed by atoms with Crippen LogP contribution in [0.5, 0.6) is 11.5 Å². The Morgan fingerprint density at radius 3 is 2.64 bits per heavy atom. The van der Waals surface area contributed by atoms with Crippen LogP contribution in [0.1, 0.15) is 21.5 Å². The summed E-state index contributed by atoms with van der Waals surface area (Å²) in [6, 6.07) is 14.0. The van der Waals surface area contributed by atoms with E-state index in [1.807, 2.05) is 12.1 Å². The van der Waals surface area contributed by atoms with Crippen molar-refractivity contribution in [2.45, 2.75) is 0 Å². The van der Waals surface area contributed by atoms with E-state index in [1.54, 1.807) is 56.7 Å². The minimum atomic E-state index is -0.171. The minimum Gasteiger partial charge on any atom is -0.497 e. The maximum atomic E-state index is 12.1. The summed E-state index contributed by atoms with van der Waals surface area (Å²) in [6.45, 7) is 0. The zero-order valence-corrected chi connectivity index (χ0v) is 12.4. The van der Waals surface area contributed by atoms with Crippen molar-refractivity contribution in [2.24, 2.45) is 0 Å². The summed E-state index contributed by atoms with van der Waals surface area (Å²) in [6.07, 6.45) is 3.14. The van der Waals surface area contributed by atoms with Gasteiger partial charge in [-0.25, -0.2) is 0 Å². The van der Waals surface area contributed by atoms with Crippen LogP contribution >= 0.6 is 0 Å². The van der Waals surface area contributed by atoms with Crippen LogP contribution in [0, 0.1) is 11.3 Å². The molecule has 0 aliphatic rings. The second kappa shape index (κ2) is 7.09. The van der Waals surface area contributed by atoms with Crippen molar-refractivity contribution in [2.75, 3.05) is 14.2 Å². The Bertz CT molecular complexity index is 757. The van der Waals surface area contributed by atoms with Crippen LogP contribution in [0.25, 0.3) is 6.08 Å². The van der Waals surface area contributed by atoms with Gasteiger partial charge in [-0.15, -0.1) is 0 Å². The Hall–Kier alpha value is -3.06. The highest BCUT2D eigenvalue weighted by Crippen LogP contribution is 2.25. The van der Waals surface area contributed by atoms with Gasteiger partial charge in [0.05, 0.1) is 25.9 Å². The van der Waals surface area contributed by atoms with E-state index < -0.39 is 0 Å². The Morgan fingerprint density at radius 1 is 1.14 bits per heavy atom. The molecule has 110 valence electrons. The van der Waals surface area contributed by atoms with E-state index in [2.05, 4.69) is 0 Å². The van der Waals surface area contributed by atoms with Crippen LogP contribution in [0.4, 0.5) is 0 Å². The standard InChI is InChI=1S/C18H15NO3/c1-21-16-8-6-14(18(11-16)22-2)7-9-17(20)15-5-3-4-13(10-15)12-19/h3-11H,1-2H3. The fourth-order valence-electron chi connectivity index (χ4n) is 1.96. The predicted octanol–water partition coefficient (Wildman–Crippen LogP) is 3.47. The number of nitriles is 1. The number of carbonyl (C=O) groups is 1. The summed E-state index contributed by atoms with van der Waals surface area (Å²) < 4.78 is 10.4. The third-order valence-corrected chi connectivity index (χ3v) is 3.13. The number of ketones is 1. The highest BCUT2D eigenvalue weighted by molar-refractivity contribution is 6.07. The molecule has 0 N–H and O–H groups in total. The first-order valence-corrected chi connectivity index (χ1v) is 6.62. The highest BCUT2D eigenvalue weighted by atomic mass is 16.5. The van der Waals surface area contributed by atoms with Gasteiger partial charge in [0.15, 0.2) is 5.78 Å². The number of benzene rings is 2. The summed E-state index contributed by atoms with van der Waals surface area (Å²) in [5.74, 6) is 1.13. The van der Waals surface area contributed by atoms with Crippen molar-refractivity contribution >= 4 is 11.9 Å². The Labute approximate surface area is 129 Å². The number of allylic oxidation sites excluding steroid dienone is 1. The van der Waals surface area contributed by atoms with E-state index in [0.29, 0.717) is 22.6 Å². The third kappa shape index (κ3) is 3.53. The van der Waals surface area contributed by atoms with Crippen molar-refractivity contribution in [3.05, 3.63) is 65.2 Å². The van der Waals surface area contributed by atoms with Gasteiger partial charge in [-0.05, 0) is 36.4 Å². The lowest BCUT2D eigenvalue weighted by atomic mass is 10.1. The van der Waals surface area contributed by atoms with Crippen LogP contribution in [0.2, 0.25) is 0 Å². The molecule has 0 spiro atoms. The molecule has 4 nitrogen and oxygen atoms in total. The highest BCUT2D eigenvalue weighted by Gasteiger charge is 2.05. The summed E-state index contributed by atoms with van der Waals surface area (Å²) in [7, 11) is 3.14. The van der Waals surface area contributed by atoms with Gasteiger partial charge in [0, 0.05) is 17.2 Å². The van der Waals surface area contributed by atoms with Gasteiger partial charge in [-0.3, -0.25) is 4.79 Å². The van der Waals surface area contributed by atoms with Crippen molar-refractivity contribution in [3.8, 4) is 17.6 Å². The molecule has 0 fully saturated rings. The van der Waals surface area contributed by atoms with Crippen LogP contribution in [-0.2, 0) is 0 Å². The molecule has 22 heavy (non-hydrogen) atoms. The van der Waals surface area contributed by atoms with Gasteiger partial charge in [0.2, 0.25) is 0 Å². The van der Waals surface area contributed by atoms with Gasteiger partial charge in [0.1, 0.15) is 11.5 Å². The van der Waals surface area contributed by atoms with E-state index >= 15 is 0 Å². The number of hydrogen-bond acceptors (Lipinski definition) is 4. The lowest BCUT2D eigenvalue weighted by Gasteiger charge is -2.07. The molecule has 0 heterocycles. The number of nitrogens with zero attached hydrogens (tertiary/aromatic N) is 1. The molecule has 0 saturated carbocycles. The summed E-state index contributed by atoms with van der Waals surface area (Å²) >= 11 is 0. The molecule has 0 bridgehead atoms. The fourth-order valence-corrected chi connectivity index (χ4v) is 1.96. The lowest BCUT2D eigenvalue weighted by molar-refractivity contribution is 0.104. The zero-order valence-electron chi connectivity index (χ0n) is 12.4. The van der Waals surface area contributed by atoms with Crippen molar-refractivity contribution in [1.82, 2.24) is 0 Å². The van der Waals surface area contributed by atoms with Gasteiger partial charge < -0.3 is 9.47 Å². The molecule has 0 aromatic heterocycles. The van der Waals surface area contributed by atoms with Crippen LogP contribution in [-0.4, -0.2) is 20.0 Å². The Morgan fingerprint density at radius 2 is 1.95 bits per heavy atom. The Balaban J connectivity index is 2.24. The maximum Gasteiger partial charge on any atom is 0.185 e. The van der Waals surface area contributed by atoms with E-state index in [9.17, 15) is 4.79 Å². The first-order valence-electron chi connectivity index (χ1n) is 6.62. The van der Waals surface area contributed by atoms with Gasteiger partial charge in [-0.2, -0.15) is 5.26 Å². The average molecular weight is 293 g/mol. The first kappa shape index (κ1) is 15.3. The fraction of sp³-hybridized carbons (Fsp3) is 0.111. The monoisotopic (exact) mass is 293 g/mol. The summed E-state index contributed by atoms with van der Waals surface area (Å²) in [4.78, 5) is 12.1. The molecule has 0 unspecified atom stereocenters. The zero-order chi connectivity index (χ0) is 15.9. The number of ether oxygens (including phenoxy) is 2. The minimum absolute atomic E-state index is 0.171. The molecule has 0 saturated heterocycles. The average Bonchev–Trinajstić information content (AvgIpc) is 2.59. The second-order valence-electron chi connectivity index (χ2n) is 4.50. The smallest absolute Gasteiger partial charge is 0.185 e. The quantitative estimate of drug-likeness (QED) is 0.625. The predicted molar refractivity (Wildman–Crippen MR) is 84.1 cm³/mol. The van der Waals surface area contributed by atoms with Crippen LogP contribution in [0.3, 0.4) is 0 Å². The van der Waals surface area contributed by atoms with E-state index in [0.717, 1.165) is 5.56 Å². The largest absolute Gasteiger partial charge is 0.497 e. The van der Waals surface area contributed by atoms with Crippen molar-refractivity contribution < 1.29 is 14.3 Å². The number of methoxy groups -OCH3 is 2. The maximum absolute atomic E-state index is 12.1. The van der Waals surface area contributed by atoms with Gasteiger partial charge in [-0.1, -0.05) is 12.1 Å². The SMILES string of the molecule is COc1ccc(C=CC(=O)c2cccc(C#N)c2)c(OC)c1. The topological polar surface area (TPSA) is 59.3 Å². The number of hydrogen-bond donors (Lipinski definition) is 0. The first-order chi connectivity index (χ1) is 10.7. The molecule has 0 aliphatic carbocycles. The van der Waals surface area contributed by atoms with Crippen molar-refractivity contribution in [3.63, 3.8) is 0 Å². The number of carbonyl (C=O) groups excluding carboxylic acids is 1. The van der Waals surface area contributed by atoms with Crippen LogP contribution < -0.4 is 9.47 Å². The molecule has 4 heteroatoms. The van der Waals surface area contributed by atoms with Crippen LogP contribution in [0.15, 0.2) is 48.5 Å². The summed E-state index contributed by atoms with van der Waals surface area (Å²) in [5.41, 5.74) is 1.71. The molecular weight excluding hydrogens is 278 g/mol. The van der Waals surface area contributed by atoms with E-state index in [4.69, 9.17) is 14.7 Å². The molecule has 2 aromatic rings. The molecule has 2 aromatic carbocycles. The molecule has 0 radical (unpaired) electrons. The molecular formula is C18H15NO3. The molecule has 0 atom stereocenters. The number of rotatable bonds is 5. The summed E-state index contributed by atoms with van der Waals surface area (Å²) in [5, 5.41) is 8.86. The molecule has 2 rings (SSSR count). The van der Waals surface area contributed by atoms with Gasteiger partial charge in [0.25, 0.3) is 0 Å². The van der Waals surface area contributed by atoms with E-state index in [1.165, 1.54) is 6.08 Å². The molecule has 0 aliphatic heterocycles. The third-order valence-electron chi connectivity index (χ3n) is 3.13. The molecule has 0 amide bonds. The van der Waals surface area contributed by atoms with Gasteiger partial charge >= 0.3 is 0 Å². The van der Waals surface area contributed by atoms with E-state index in [-0.39, 0.29) is 5.78 Å².